The zero-order valence-corrected chi connectivity index (χ0v) is 17.1. The van der Waals surface area contributed by atoms with E-state index < -0.39 is 36.5 Å². The van der Waals surface area contributed by atoms with Gasteiger partial charge in [0.25, 0.3) is 5.91 Å². The molecule has 4 atom stereocenters. The molecule has 32 heavy (non-hydrogen) atoms. The Hall–Kier alpha value is -3.61. The van der Waals surface area contributed by atoms with Gasteiger partial charge in [0, 0.05) is 6.54 Å². The van der Waals surface area contributed by atoms with Crippen molar-refractivity contribution in [3.05, 3.63) is 48.5 Å². The number of fused-ring (bicyclic) bond motifs is 1. The molecule has 1 saturated heterocycles. The average Bonchev–Trinajstić information content (AvgIpc) is 3.34. The molecule has 0 bridgehead atoms. The smallest absolute Gasteiger partial charge is 0.413 e. The van der Waals surface area contributed by atoms with Crippen LogP contribution in [-0.4, -0.2) is 66.7 Å². The van der Waals surface area contributed by atoms with Crippen molar-refractivity contribution in [3.63, 3.8) is 0 Å². The molecule has 1 aliphatic heterocycles. The Morgan fingerprint density at radius 1 is 1.16 bits per heavy atom. The largest absolute Gasteiger partial charge is 0.450 e. The lowest BCUT2D eigenvalue weighted by atomic mass is 10.1. The number of hydrogen-bond donors (Lipinski definition) is 4. The minimum atomic E-state index is -1.58. The molecule has 0 aliphatic carbocycles. The van der Waals surface area contributed by atoms with Crippen LogP contribution < -0.4 is 10.6 Å². The molecule has 3 aromatic rings. The number of aromatic nitrogens is 4. The second-order valence-corrected chi connectivity index (χ2v) is 7.02. The molecule has 0 spiro atoms. The second-order valence-electron chi connectivity index (χ2n) is 7.02. The van der Waals surface area contributed by atoms with E-state index in [0.717, 1.165) is 5.56 Å². The number of nitrogens with one attached hydrogen (secondary N) is 2. The van der Waals surface area contributed by atoms with Crippen LogP contribution in [0.5, 0.6) is 0 Å². The third kappa shape index (κ3) is 4.23. The number of aliphatic hydroxyl groups excluding tert-OH is 2. The van der Waals surface area contributed by atoms with Crippen molar-refractivity contribution in [2.45, 2.75) is 38.0 Å². The van der Waals surface area contributed by atoms with Crippen molar-refractivity contribution in [2.24, 2.45) is 0 Å². The number of anilines is 1. The zero-order chi connectivity index (χ0) is 22.7. The number of amides is 2. The Labute approximate surface area is 182 Å². The highest BCUT2D eigenvalue weighted by molar-refractivity contribution is 5.95. The van der Waals surface area contributed by atoms with E-state index in [1.54, 1.807) is 6.92 Å². The molecule has 168 valence electrons. The Kier molecular flexibility index (Phi) is 6.25. The third-order valence-corrected chi connectivity index (χ3v) is 4.93. The van der Waals surface area contributed by atoms with Crippen LogP contribution in [0, 0.1) is 0 Å². The van der Waals surface area contributed by atoms with Gasteiger partial charge in [-0.25, -0.2) is 19.7 Å². The predicted molar refractivity (Wildman–Crippen MR) is 110 cm³/mol. The number of nitrogens with zero attached hydrogens (tertiary/aromatic N) is 4. The van der Waals surface area contributed by atoms with Gasteiger partial charge in [-0.05, 0) is 12.5 Å². The average molecular weight is 442 g/mol. The summed E-state index contributed by atoms with van der Waals surface area (Å²) in [6.45, 7) is 2.16. The molecule has 0 saturated carbocycles. The number of ether oxygens (including phenoxy) is 2. The number of imide groups is 1. The molecule has 0 radical (unpaired) electrons. The lowest BCUT2D eigenvalue weighted by Gasteiger charge is -2.16. The first kappa shape index (κ1) is 21.6. The van der Waals surface area contributed by atoms with Gasteiger partial charge in [-0.2, -0.15) is 0 Å². The van der Waals surface area contributed by atoms with Crippen molar-refractivity contribution in [1.29, 1.82) is 0 Å². The first-order valence-electron chi connectivity index (χ1n) is 9.94. The van der Waals surface area contributed by atoms with Gasteiger partial charge < -0.3 is 25.0 Å². The molecule has 2 amide bonds. The van der Waals surface area contributed by atoms with E-state index in [0.29, 0.717) is 23.5 Å². The standard InChI is InChI=1S/C20H22N6O6/c1-2-31-20(30)25-18(29)15-13(27)14(28)19(32-15)26-10-24-12-16(22-9-23-17(12)26)21-8-11-6-4-3-5-7-11/h3-7,9-10,13-15,19,27-28H,2,8H2,1H3,(H,21,22,23)(H,25,29,30). The molecule has 12 heteroatoms. The molecule has 12 nitrogen and oxygen atoms in total. The van der Waals surface area contributed by atoms with Crippen LogP contribution in [0.2, 0.25) is 0 Å². The van der Waals surface area contributed by atoms with E-state index >= 15 is 0 Å². The van der Waals surface area contributed by atoms with Gasteiger partial charge in [0.15, 0.2) is 29.3 Å². The molecule has 3 heterocycles. The SMILES string of the molecule is CCOC(=O)NC(=O)C1OC(n2cnc3c(NCc4ccccc4)ncnc32)C(O)C1O. The van der Waals surface area contributed by atoms with Gasteiger partial charge in [0.2, 0.25) is 0 Å². The summed E-state index contributed by atoms with van der Waals surface area (Å²) in [5, 5.41) is 26.0. The number of rotatable bonds is 6. The summed E-state index contributed by atoms with van der Waals surface area (Å²) in [5.41, 5.74) is 1.80. The normalized spacial score (nSPS) is 22.6. The first-order valence-corrected chi connectivity index (χ1v) is 9.94. The van der Waals surface area contributed by atoms with Crippen molar-refractivity contribution < 1.29 is 29.3 Å². The van der Waals surface area contributed by atoms with Gasteiger partial charge in [-0.3, -0.25) is 14.7 Å². The molecule has 1 aliphatic rings. The Morgan fingerprint density at radius 2 is 1.94 bits per heavy atom. The first-order chi connectivity index (χ1) is 15.5. The predicted octanol–water partition coefficient (Wildman–Crippen LogP) is 0.330. The highest BCUT2D eigenvalue weighted by Crippen LogP contribution is 2.32. The van der Waals surface area contributed by atoms with Crippen molar-refractivity contribution in [3.8, 4) is 0 Å². The van der Waals surface area contributed by atoms with Gasteiger partial charge in [0.05, 0.1) is 12.9 Å². The summed E-state index contributed by atoms with van der Waals surface area (Å²) in [4.78, 5) is 36.5. The lowest BCUT2D eigenvalue weighted by Crippen LogP contribution is -2.45. The van der Waals surface area contributed by atoms with Crippen LogP contribution >= 0.6 is 0 Å². The topological polar surface area (TPSA) is 161 Å². The molecule has 1 aromatic carbocycles. The van der Waals surface area contributed by atoms with Crippen molar-refractivity contribution >= 4 is 29.0 Å². The van der Waals surface area contributed by atoms with Crippen molar-refractivity contribution in [2.75, 3.05) is 11.9 Å². The quantitative estimate of drug-likeness (QED) is 0.419. The highest BCUT2D eigenvalue weighted by atomic mass is 16.6. The monoisotopic (exact) mass is 442 g/mol. The Balaban J connectivity index is 1.53. The number of carbonyl (C=O) groups is 2. The van der Waals surface area contributed by atoms with E-state index in [1.807, 2.05) is 35.6 Å². The van der Waals surface area contributed by atoms with Crippen LogP contribution in [-0.2, 0) is 20.8 Å². The molecular weight excluding hydrogens is 420 g/mol. The van der Waals surface area contributed by atoms with E-state index in [2.05, 4.69) is 25.0 Å². The third-order valence-electron chi connectivity index (χ3n) is 4.93. The van der Waals surface area contributed by atoms with Crippen molar-refractivity contribution in [1.82, 2.24) is 24.8 Å². The summed E-state index contributed by atoms with van der Waals surface area (Å²) in [6, 6.07) is 9.72. The fraction of sp³-hybridized carbons (Fsp3) is 0.350. The number of benzene rings is 1. The summed E-state index contributed by atoms with van der Waals surface area (Å²) >= 11 is 0. The number of imidazole rings is 1. The van der Waals surface area contributed by atoms with Crippen LogP contribution in [0.3, 0.4) is 0 Å². The van der Waals surface area contributed by atoms with E-state index in [9.17, 15) is 19.8 Å². The minimum Gasteiger partial charge on any atom is -0.450 e. The fourth-order valence-corrected chi connectivity index (χ4v) is 3.39. The van der Waals surface area contributed by atoms with Gasteiger partial charge in [-0.1, -0.05) is 30.3 Å². The minimum absolute atomic E-state index is 0.0693. The van der Waals surface area contributed by atoms with E-state index in [-0.39, 0.29) is 6.61 Å². The summed E-state index contributed by atoms with van der Waals surface area (Å²) in [6.07, 6.45) is -3.97. The molecular formula is C20H22N6O6. The second kappa shape index (κ2) is 9.26. The Morgan fingerprint density at radius 3 is 2.69 bits per heavy atom. The molecule has 4 N–H and O–H groups in total. The Bertz CT molecular complexity index is 1110. The summed E-state index contributed by atoms with van der Waals surface area (Å²) in [5.74, 6) is -0.455. The fourth-order valence-electron chi connectivity index (χ4n) is 3.39. The molecule has 4 rings (SSSR count). The van der Waals surface area contributed by atoms with Crippen LogP contribution in [0.15, 0.2) is 43.0 Å². The van der Waals surface area contributed by atoms with Crippen LogP contribution in [0.4, 0.5) is 10.6 Å². The number of aliphatic hydroxyl groups is 2. The summed E-state index contributed by atoms with van der Waals surface area (Å²) < 4.78 is 11.6. The maximum atomic E-state index is 12.3. The van der Waals surface area contributed by atoms with Gasteiger partial charge in [0.1, 0.15) is 18.5 Å². The maximum absolute atomic E-state index is 12.3. The van der Waals surface area contributed by atoms with Crippen LogP contribution in [0.25, 0.3) is 11.2 Å². The van der Waals surface area contributed by atoms with E-state index in [4.69, 9.17) is 4.74 Å². The highest BCUT2D eigenvalue weighted by Gasteiger charge is 2.48. The van der Waals surface area contributed by atoms with Crippen LogP contribution in [0.1, 0.15) is 18.7 Å². The maximum Gasteiger partial charge on any atom is 0.413 e. The van der Waals surface area contributed by atoms with E-state index in [1.165, 1.54) is 17.2 Å². The number of hydrogen-bond acceptors (Lipinski definition) is 10. The van der Waals surface area contributed by atoms with Gasteiger partial charge in [-0.15, -0.1) is 0 Å². The lowest BCUT2D eigenvalue weighted by molar-refractivity contribution is -0.136. The van der Waals surface area contributed by atoms with Gasteiger partial charge >= 0.3 is 6.09 Å². The molecule has 1 fully saturated rings. The summed E-state index contributed by atoms with van der Waals surface area (Å²) in [7, 11) is 0. The zero-order valence-electron chi connectivity index (χ0n) is 17.1. The number of alkyl carbamates (subject to hydrolysis) is 1. The molecule has 4 unspecified atom stereocenters. The molecule has 2 aromatic heterocycles. The number of carbonyl (C=O) groups excluding carboxylic acids is 2.